The van der Waals surface area contributed by atoms with Crippen LogP contribution < -0.4 is 5.73 Å². The zero-order valence-corrected chi connectivity index (χ0v) is 8.59. The van der Waals surface area contributed by atoms with Crippen molar-refractivity contribution in [2.24, 2.45) is 5.73 Å². The van der Waals surface area contributed by atoms with Gasteiger partial charge in [0.1, 0.15) is 0 Å². The molecular formula is C9H15F2N3. The Balaban J connectivity index is 3.00. The van der Waals surface area contributed by atoms with Crippen molar-refractivity contribution in [2.75, 3.05) is 6.54 Å². The molecular weight excluding hydrogens is 188 g/mol. The molecule has 0 radical (unpaired) electrons. The maximum Gasteiger partial charge on any atom is 0.288 e. The van der Waals surface area contributed by atoms with Crippen LogP contribution in [0.25, 0.3) is 0 Å². The first-order valence-electron chi connectivity index (χ1n) is 4.41. The van der Waals surface area contributed by atoms with E-state index >= 15 is 0 Å². The van der Waals surface area contributed by atoms with Crippen molar-refractivity contribution < 1.29 is 8.78 Å². The van der Waals surface area contributed by atoms with Crippen LogP contribution in [-0.2, 0) is 11.5 Å². The molecule has 2 N–H and O–H groups in total. The van der Waals surface area contributed by atoms with E-state index in [1.165, 1.54) is 10.9 Å². The fourth-order valence-electron chi connectivity index (χ4n) is 0.996. The fraction of sp³-hybridized carbons (Fsp3) is 0.667. The number of aromatic nitrogens is 2. The summed E-state index contributed by atoms with van der Waals surface area (Å²) in [6.07, 6.45) is 2.50. The van der Waals surface area contributed by atoms with E-state index in [0.717, 1.165) is 6.20 Å². The Kier molecular flexibility index (Phi) is 2.63. The van der Waals surface area contributed by atoms with Crippen LogP contribution >= 0.6 is 0 Å². The van der Waals surface area contributed by atoms with Gasteiger partial charge < -0.3 is 5.73 Å². The van der Waals surface area contributed by atoms with E-state index in [4.69, 9.17) is 5.73 Å². The van der Waals surface area contributed by atoms with Crippen LogP contribution in [0.4, 0.5) is 8.78 Å². The first-order chi connectivity index (χ1) is 6.27. The molecule has 14 heavy (non-hydrogen) atoms. The van der Waals surface area contributed by atoms with Crippen molar-refractivity contribution in [1.82, 2.24) is 9.78 Å². The molecule has 1 aromatic heterocycles. The van der Waals surface area contributed by atoms with Gasteiger partial charge in [-0.05, 0) is 20.8 Å². The zero-order chi connectivity index (χ0) is 11.0. The molecule has 0 saturated carbocycles. The number of hydrogen-bond donors (Lipinski definition) is 1. The van der Waals surface area contributed by atoms with Gasteiger partial charge in [-0.15, -0.1) is 0 Å². The minimum Gasteiger partial charge on any atom is -0.325 e. The molecule has 1 heterocycles. The third-order valence-corrected chi connectivity index (χ3v) is 1.95. The van der Waals surface area contributed by atoms with E-state index in [2.05, 4.69) is 5.10 Å². The highest BCUT2D eigenvalue weighted by molar-refractivity contribution is 5.13. The molecule has 0 bridgehead atoms. The summed E-state index contributed by atoms with van der Waals surface area (Å²) in [6.45, 7) is 4.99. The molecule has 0 saturated heterocycles. The van der Waals surface area contributed by atoms with Gasteiger partial charge in [-0.1, -0.05) is 0 Å². The second-order valence-corrected chi connectivity index (χ2v) is 4.25. The average molecular weight is 203 g/mol. The van der Waals surface area contributed by atoms with Gasteiger partial charge in [-0.3, -0.25) is 4.68 Å². The van der Waals surface area contributed by atoms with Crippen molar-refractivity contribution in [2.45, 2.75) is 32.2 Å². The smallest absolute Gasteiger partial charge is 0.288 e. The summed E-state index contributed by atoms with van der Waals surface area (Å²) in [7, 11) is 0. The van der Waals surface area contributed by atoms with Crippen LogP contribution in [0.5, 0.6) is 0 Å². The Morgan fingerprint density at radius 3 is 2.36 bits per heavy atom. The Hall–Kier alpha value is -0.970. The zero-order valence-electron chi connectivity index (χ0n) is 8.59. The minimum atomic E-state index is -2.98. The summed E-state index contributed by atoms with van der Waals surface area (Å²) in [6, 6.07) is 0. The van der Waals surface area contributed by atoms with Crippen molar-refractivity contribution in [1.29, 1.82) is 0 Å². The lowest BCUT2D eigenvalue weighted by Gasteiger charge is -2.19. The largest absolute Gasteiger partial charge is 0.325 e. The van der Waals surface area contributed by atoms with Gasteiger partial charge in [0.15, 0.2) is 0 Å². The highest BCUT2D eigenvalue weighted by atomic mass is 19.3. The van der Waals surface area contributed by atoms with E-state index in [1.54, 1.807) is 0 Å². The lowest BCUT2D eigenvalue weighted by Crippen LogP contribution is -2.25. The summed E-state index contributed by atoms with van der Waals surface area (Å²) >= 11 is 0. The normalized spacial score (nSPS) is 13.3. The Labute approximate surface area is 81.9 Å². The molecule has 0 aliphatic carbocycles. The van der Waals surface area contributed by atoms with Crippen molar-refractivity contribution in [3.8, 4) is 0 Å². The van der Waals surface area contributed by atoms with Gasteiger partial charge in [0.05, 0.1) is 23.8 Å². The van der Waals surface area contributed by atoms with E-state index in [9.17, 15) is 8.78 Å². The summed E-state index contributed by atoms with van der Waals surface area (Å²) in [5.74, 6) is -2.98. The van der Waals surface area contributed by atoms with Crippen LogP contribution in [0.3, 0.4) is 0 Å². The molecule has 80 valence electrons. The highest BCUT2D eigenvalue weighted by Crippen LogP contribution is 2.27. The third kappa shape index (κ3) is 2.09. The first kappa shape index (κ1) is 11.1. The summed E-state index contributed by atoms with van der Waals surface area (Å²) < 4.78 is 27.7. The van der Waals surface area contributed by atoms with Crippen LogP contribution in [-0.4, -0.2) is 16.3 Å². The van der Waals surface area contributed by atoms with E-state index in [1.807, 2.05) is 20.8 Å². The maximum atomic E-state index is 13.1. The second kappa shape index (κ2) is 3.31. The number of hydrogen-bond acceptors (Lipinski definition) is 2. The van der Waals surface area contributed by atoms with E-state index < -0.39 is 12.5 Å². The van der Waals surface area contributed by atoms with Crippen LogP contribution in [0, 0.1) is 0 Å². The molecule has 1 rings (SSSR count). The molecule has 0 spiro atoms. The molecule has 0 aromatic carbocycles. The van der Waals surface area contributed by atoms with Crippen LogP contribution in [0.15, 0.2) is 12.4 Å². The minimum absolute atomic E-state index is 0.130. The summed E-state index contributed by atoms with van der Waals surface area (Å²) in [5.41, 5.74) is 4.55. The molecule has 3 nitrogen and oxygen atoms in total. The van der Waals surface area contributed by atoms with E-state index in [0.29, 0.717) is 0 Å². The molecule has 0 atom stereocenters. The molecule has 0 aliphatic rings. The molecule has 0 fully saturated rings. The number of nitrogens with zero attached hydrogens (tertiary/aromatic N) is 2. The van der Waals surface area contributed by atoms with E-state index in [-0.39, 0.29) is 11.1 Å². The van der Waals surface area contributed by atoms with Gasteiger partial charge in [0, 0.05) is 6.20 Å². The maximum absolute atomic E-state index is 13.1. The standard InChI is InChI=1S/C9H15F2N3/c1-8(2,3)14-5-7(4-13-14)9(10,11)6-12/h4-5H,6,12H2,1-3H3. The molecule has 1 aromatic rings. The van der Waals surface area contributed by atoms with Crippen molar-refractivity contribution in [3.63, 3.8) is 0 Å². The third-order valence-electron chi connectivity index (χ3n) is 1.95. The molecule has 0 aliphatic heterocycles. The Bertz CT molecular complexity index is 312. The van der Waals surface area contributed by atoms with Gasteiger partial charge in [0.2, 0.25) is 0 Å². The average Bonchev–Trinajstić information content (AvgIpc) is 2.51. The SMILES string of the molecule is CC(C)(C)n1cc(C(F)(F)CN)cn1. The van der Waals surface area contributed by atoms with Crippen molar-refractivity contribution in [3.05, 3.63) is 18.0 Å². The topological polar surface area (TPSA) is 43.8 Å². The summed E-state index contributed by atoms with van der Waals surface area (Å²) in [5, 5.41) is 3.88. The van der Waals surface area contributed by atoms with Crippen molar-refractivity contribution >= 4 is 0 Å². The first-order valence-corrected chi connectivity index (χ1v) is 4.41. The van der Waals surface area contributed by atoms with Gasteiger partial charge >= 0.3 is 0 Å². The lowest BCUT2D eigenvalue weighted by atomic mass is 10.1. The number of alkyl halides is 2. The number of halogens is 2. The second-order valence-electron chi connectivity index (χ2n) is 4.25. The molecule has 5 heteroatoms. The quantitative estimate of drug-likeness (QED) is 0.794. The van der Waals surface area contributed by atoms with Gasteiger partial charge in [-0.2, -0.15) is 13.9 Å². The van der Waals surface area contributed by atoms with Gasteiger partial charge in [-0.25, -0.2) is 0 Å². The number of rotatable bonds is 2. The van der Waals surface area contributed by atoms with Gasteiger partial charge in [0.25, 0.3) is 5.92 Å². The monoisotopic (exact) mass is 203 g/mol. The Morgan fingerprint density at radius 1 is 1.43 bits per heavy atom. The highest BCUT2D eigenvalue weighted by Gasteiger charge is 2.32. The predicted molar refractivity (Wildman–Crippen MR) is 50.2 cm³/mol. The molecule has 0 amide bonds. The predicted octanol–water partition coefficient (Wildman–Crippen LogP) is 1.69. The lowest BCUT2D eigenvalue weighted by molar-refractivity contribution is 0.00577. The Morgan fingerprint density at radius 2 is 2.00 bits per heavy atom. The number of nitrogens with two attached hydrogens (primary N) is 1. The van der Waals surface area contributed by atoms with Crippen LogP contribution in [0.2, 0.25) is 0 Å². The fourth-order valence-corrected chi connectivity index (χ4v) is 0.996. The van der Waals surface area contributed by atoms with Crippen LogP contribution in [0.1, 0.15) is 26.3 Å². The molecule has 0 unspecified atom stereocenters. The summed E-state index contributed by atoms with van der Waals surface area (Å²) in [4.78, 5) is 0.